The van der Waals surface area contributed by atoms with E-state index in [2.05, 4.69) is 34.6 Å². The molecule has 1 aliphatic heterocycles. The molecular formula is C15H27N3O. The van der Waals surface area contributed by atoms with E-state index >= 15 is 0 Å². The average molecular weight is 265 g/mol. The van der Waals surface area contributed by atoms with E-state index < -0.39 is 0 Å². The molecule has 0 atom stereocenters. The summed E-state index contributed by atoms with van der Waals surface area (Å²) in [5.41, 5.74) is 0. The summed E-state index contributed by atoms with van der Waals surface area (Å²) in [5, 5.41) is 6.22. The van der Waals surface area contributed by atoms with Gasteiger partial charge in [0.05, 0.1) is 0 Å². The first-order valence-electron chi connectivity index (χ1n) is 7.68. The van der Waals surface area contributed by atoms with Gasteiger partial charge in [0.15, 0.2) is 0 Å². The highest BCUT2D eigenvalue weighted by Gasteiger charge is 2.22. The summed E-state index contributed by atoms with van der Waals surface area (Å²) in [6.45, 7) is 5.26. The summed E-state index contributed by atoms with van der Waals surface area (Å²) >= 11 is 0. The Bertz CT molecular complexity index is 303. The minimum atomic E-state index is 0.0406. The predicted molar refractivity (Wildman–Crippen MR) is 78.2 cm³/mol. The molecule has 1 aliphatic carbocycles. The Morgan fingerprint density at radius 1 is 1.11 bits per heavy atom. The van der Waals surface area contributed by atoms with E-state index in [-0.39, 0.29) is 6.03 Å². The Kier molecular flexibility index (Phi) is 5.70. The van der Waals surface area contributed by atoms with Crippen LogP contribution in [0.5, 0.6) is 0 Å². The van der Waals surface area contributed by atoms with Gasteiger partial charge in [0.1, 0.15) is 0 Å². The van der Waals surface area contributed by atoms with Crippen molar-refractivity contribution in [3.8, 4) is 0 Å². The van der Waals surface area contributed by atoms with Crippen molar-refractivity contribution in [1.29, 1.82) is 0 Å². The van der Waals surface area contributed by atoms with Gasteiger partial charge in [0.25, 0.3) is 0 Å². The van der Waals surface area contributed by atoms with Gasteiger partial charge in [-0.2, -0.15) is 0 Å². The van der Waals surface area contributed by atoms with Gasteiger partial charge in [0.2, 0.25) is 0 Å². The lowest BCUT2D eigenvalue weighted by atomic mass is 10.1. The molecule has 19 heavy (non-hydrogen) atoms. The number of piperidine rings is 1. The lowest BCUT2D eigenvalue weighted by Crippen LogP contribution is -2.49. The molecule has 0 aromatic heterocycles. The molecule has 1 saturated carbocycles. The van der Waals surface area contributed by atoms with Crippen LogP contribution in [0.1, 0.15) is 45.4 Å². The summed E-state index contributed by atoms with van der Waals surface area (Å²) in [5.74, 6) is 0. The number of hydrogen-bond acceptors (Lipinski definition) is 2. The third-order valence-corrected chi connectivity index (χ3v) is 4.21. The Morgan fingerprint density at radius 2 is 1.68 bits per heavy atom. The Labute approximate surface area is 116 Å². The molecule has 2 amide bonds. The first kappa shape index (κ1) is 14.4. The lowest BCUT2D eigenvalue weighted by molar-refractivity contribution is 0.202. The maximum absolute atomic E-state index is 11.9. The van der Waals surface area contributed by atoms with Crippen LogP contribution in [-0.2, 0) is 0 Å². The monoisotopic (exact) mass is 265 g/mol. The van der Waals surface area contributed by atoms with Crippen molar-refractivity contribution in [2.45, 2.75) is 57.5 Å². The van der Waals surface area contributed by atoms with Gasteiger partial charge in [-0.15, -0.1) is 0 Å². The van der Waals surface area contributed by atoms with Crippen LogP contribution < -0.4 is 10.6 Å². The highest BCUT2D eigenvalue weighted by molar-refractivity contribution is 5.74. The zero-order chi connectivity index (χ0) is 13.5. The first-order valence-corrected chi connectivity index (χ1v) is 7.68. The molecule has 2 N–H and O–H groups in total. The minimum Gasteiger partial charge on any atom is -0.335 e. The van der Waals surface area contributed by atoms with Crippen LogP contribution in [0.3, 0.4) is 0 Å². The van der Waals surface area contributed by atoms with Gasteiger partial charge in [-0.3, -0.25) is 4.90 Å². The molecule has 4 nitrogen and oxygen atoms in total. The third kappa shape index (κ3) is 4.86. The number of hydrogen-bond donors (Lipinski definition) is 2. The second kappa shape index (κ2) is 7.53. The summed E-state index contributed by atoms with van der Waals surface area (Å²) in [6.07, 6.45) is 11.2. The zero-order valence-corrected chi connectivity index (χ0v) is 12.0. The molecule has 1 saturated heterocycles. The number of nitrogens with zero attached hydrogens (tertiary/aromatic N) is 1. The predicted octanol–water partition coefficient (Wildman–Crippen LogP) is 2.27. The van der Waals surface area contributed by atoms with E-state index in [0.29, 0.717) is 12.1 Å². The average Bonchev–Trinajstić information content (AvgIpc) is 2.90. The molecule has 2 rings (SSSR count). The number of carbonyl (C=O) groups excluding carboxylic acids is 1. The molecule has 108 valence electrons. The van der Waals surface area contributed by atoms with Gasteiger partial charge in [-0.25, -0.2) is 4.79 Å². The second-order valence-electron chi connectivity index (χ2n) is 5.74. The molecule has 2 aliphatic rings. The maximum Gasteiger partial charge on any atom is 0.315 e. The van der Waals surface area contributed by atoms with Gasteiger partial charge in [-0.1, -0.05) is 25.0 Å². The number of urea groups is 1. The van der Waals surface area contributed by atoms with Gasteiger partial charge in [-0.05, 0) is 32.6 Å². The van der Waals surface area contributed by atoms with Crippen molar-refractivity contribution < 1.29 is 4.79 Å². The third-order valence-electron chi connectivity index (χ3n) is 4.21. The fourth-order valence-electron chi connectivity index (χ4n) is 3.00. The molecule has 0 unspecified atom stereocenters. The standard InChI is InChI=1S/C15H27N3O/c1-2-3-10-18-11-8-14(9-12-18)17-15(19)16-13-6-4-5-7-13/h2-3,13-14H,4-12H2,1H3,(H2,16,17,19)/b3-2+. The molecule has 0 aromatic carbocycles. The van der Waals surface area contributed by atoms with E-state index in [9.17, 15) is 4.79 Å². The fourth-order valence-corrected chi connectivity index (χ4v) is 3.00. The fraction of sp³-hybridized carbons (Fsp3) is 0.800. The summed E-state index contributed by atoms with van der Waals surface area (Å²) in [6, 6.07) is 0.803. The van der Waals surface area contributed by atoms with E-state index in [1.807, 2.05) is 0 Å². The van der Waals surface area contributed by atoms with Crippen molar-refractivity contribution in [1.82, 2.24) is 15.5 Å². The van der Waals surface area contributed by atoms with Crippen LogP contribution in [0.2, 0.25) is 0 Å². The Balaban J connectivity index is 1.63. The summed E-state index contributed by atoms with van der Waals surface area (Å²) in [4.78, 5) is 14.3. The molecule has 0 spiro atoms. The van der Waals surface area contributed by atoms with Crippen molar-refractivity contribution in [3.63, 3.8) is 0 Å². The van der Waals surface area contributed by atoms with Crippen LogP contribution in [0, 0.1) is 0 Å². The molecular weight excluding hydrogens is 238 g/mol. The molecule has 0 aromatic rings. The van der Waals surface area contributed by atoms with Gasteiger partial charge in [0, 0.05) is 31.7 Å². The molecule has 2 fully saturated rings. The minimum absolute atomic E-state index is 0.0406. The Hall–Kier alpha value is -1.03. The highest BCUT2D eigenvalue weighted by Crippen LogP contribution is 2.17. The maximum atomic E-state index is 11.9. The van der Waals surface area contributed by atoms with Crippen LogP contribution in [0.4, 0.5) is 4.79 Å². The first-order chi connectivity index (χ1) is 9.28. The van der Waals surface area contributed by atoms with Crippen molar-refractivity contribution in [2.75, 3.05) is 19.6 Å². The molecule has 0 bridgehead atoms. The largest absolute Gasteiger partial charge is 0.335 e. The van der Waals surface area contributed by atoms with E-state index in [0.717, 1.165) is 45.3 Å². The van der Waals surface area contributed by atoms with Crippen molar-refractivity contribution in [3.05, 3.63) is 12.2 Å². The normalized spacial score (nSPS) is 23.0. The van der Waals surface area contributed by atoms with Crippen molar-refractivity contribution >= 4 is 6.03 Å². The van der Waals surface area contributed by atoms with Crippen LogP contribution in [0.15, 0.2) is 12.2 Å². The van der Waals surface area contributed by atoms with E-state index in [1.165, 1.54) is 12.8 Å². The quantitative estimate of drug-likeness (QED) is 0.766. The molecule has 0 radical (unpaired) electrons. The topological polar surface area (TPSA) is 44.4 Å². The van der Waals surface area contributed by atoms with E-state index in [1.54, 1.807) is 0 Å². The summed E-state index contributed by atoms with van der Waals surface area (Å²) in [7, 11) is 0. The number of carbonyl (C=O) groups is 1. The molecule has 4 heteroatoms. The number of rotatable bonds is 4. The number of nitrogens with one attached hydrogen (secondary N) is 2. The molecule has 1 heterocycles. The highest BCUT2D eigenvalue weighted by atomic mass is 16.2. The second-order valence-corrected chi connectivity index (χ2v) is 5.74. The Morgan fingerprint density at radius 3 is 2.26 bits per heavy atom. The van der Waals surface area contributed by atoms with Crippen LogP contribution in [-0.4, -0.2) is 42.6 Å². The van der Waals surface area contributed by atoms with E-state index in [4.69, 9.17) is 0 Å². The smallest absolute Gasteiger partial charge is 0.315 e. The van der Waals surface area contributed by atoms with Gasteiger partial charge >= 0.3 is 6.03 Å². The van der Waals surface area contributed by atoms with Gasteiger partial charge < -0.3 is 10.6 Å². The lowest BCUT2D eigenvalue weighted by Gasteiger charge is -2.31. The number of allylic oxidation sites excluding steroid dienone is 1. The van der Waals surface area contributed by atoms with Crippen LogP contribution >= 0.6 is 0 Å². The number of amides is 2. The zero-order valence-electron chi connectivity index (χ0n) is 12.0. The number of likely N-dealkylation sites (tertiary alicyclic amines) is 1. The van der Waals surface area contributed by atoms with Crippen molar-refractivity contribution in [2.24, 2.45) is 0 Å². The van der Waals surface area contributed by atoms with Crippen LogP contribution in [0.25, 0.3) is 0 Å². The summed E-state index contributed by atoms with van der Waals surface area (Å²) < 4.78 is 0. The SMILES string of the molecule is C/C=C/CN1CCC(NC(=O)NC2CCCC2)CC1.